The first-order valence-corrected chi connectivity index (χ1v) is 5.97. The summed E-state index contributed by atoms with van der Waals surface area (Å²) < 4.78 is 13.2. The van der Waals surface area contributed by atoms with Gasteiger partial charge >= 0.3 is 0 Å². The molecule has 0 amide bonds. The highest BCUT2D eigenvalue weighted by atomic mass is 79.9. The lowest BCUT2D eigenvalue weighted by Gasteiger charge is -2.05. The molecule has 1 atom stereocenters. The Kier molecular flexibility index (Phi) is 4.90. The molecule has 0 nitrogen and oxygen atoms in total. The number of benzene rings is 1. The molecule has 0 saturated carbocycles. The summed E-state index contributed by atoms with van der Waals surface area (Å²) in [7, 11) is 0. The summed E-state index contributed by atoms with van der Waals surface area (Å²) >= 11 is 9.24. The maximum absolute atomic E-state index is 13.2. The summed E-state index contributed by atoms with van der Waals surface area (Å²) in [6.07, 6.45) is 2.78. The fourth-order valence-electron chi connectivity index (χ4n) is 1.31. The van der Waals surface area contributed by atoms with Gasteiger partial charge in [-0.2, -0.15) is 0 Å². The van der Waals surface area contributed by atoms with Crippen molar-refractivity contribution in [1.29, 1.82) is 0 Å². The van der Waals surface area contributed by atoms with Gasteiger partial charge in [-0.3, -0.25) is 0 Å². The Bertz CT molecular complexity index is 299. The third kappa shape index (κ3) is 3.97. The number of rotatable bonds is 4. The molecule has 0 heterocycles. The van der Waals surface area contributed by atoms with E-state index in [-0.39, 0.29) is 5.82 Å². The van der Waals surface area contributed by atoms with Gasteiger partial charge in [0.25, 0.3) is 0 Å². The highest BCUT2D eigenvalue weighted by Gasteiger charge is 2.03. The van der Waals surface area contributed by atoms with Crippen molar-refractivity contribution in [3.8, 4) is 0 Å². The van der Waals surface area contributed by atoms with Crippen molar-refractivity contribution in [3.63, 3.8) is 0 Å². The van der Waals surface area contributed by atoms with E-state index in [0.29, 0.717) is 15.4 Å². The lowest BCUT2D eigenvalue weighted by Crippen LogP contribution is -1.95. The smallest absolute Gasteiger partial charge is 0.126 e. The normalized spacial score (nSPS) is 12.9. The van der Waals surface area contributed by atoms with Crippen LogP contribution >= 0.6 is 27.5 Å². The van der Waals surface area contributed by atoms with Crippen molar-refractivity contribution in [2.24, 2.45) is 0 Å². The fraction of sp³-hybridized carbons (Fsp3) is 0.455. The van der Waals surface area contributed by atoms with Crippen LogP contribution in [-0.2, 0) is 6.42 Å². The lowest BCUT2D eigenvalue weighted by atomic mass is 10.1. The Morgan fingerprint density at radius 2 is 2.21 bits per heavy atom. The Hall–Kier alpha value is -0.0800. The lowest BCUT2D eigenvalue weighted by molar-refractivity contribution is 0.600. The van der Waals surface area contributed by atoms with Crippen LogP contribution in [0.4, 0.5) is 4.39 Å². The van der Waals surface area contributed by atoms with Gasteiger partial charge < -0.3 is 0 Å². The second-order valence-corrected chi connectivity index (χ2v) is 5.41. The Morgan fingerprint density at radius 3 is 2.86 bits per heavy atom. The molecule has 0 aliphatic heterocycles. The molecule has 0 radical (unpaired) electrons. The Balaban J connectivity index is 2.53. The number of halogens is 3. The molecule has 1 rings (SSSR count). The zero-order valence-corrected chi connectivity index (χ0v) is 10.4. The highest BCUT2D eigenvalue weighted by molar-refractivity contribution is 9.09. The molecule has 3 heteroatoms. The van der Waals surface area contributed by atoms with Gasteiger partial charge in [0.2, 0.25) is 0 Å². The van der Waals surface area contributed by atoms with Crippen LogP contribution in [0.5, 0.6) is 0 Å². The molecular formula is C11H13BrClF. The first kappa shape index (κ1) is 12.0. The van der Waals surface area contributed by atoms with Gasteiger partial charge in [-0.05, 0) is 43.0 Å². The van der Waals surface area contributed by atoms with Crippen LogP contribution in [0.15, 0.2) is 18.2 Å². The van der Waals surface area contributed by atoms with E-state index in [9.17, 15) is 4.39 Å². The molecule has 1 unspecified atom stereocenters. The van der Waals surface area contributed by atoms with Gasteiger partial charge in [-0.15, -0.1) is 0 Å². The molecule has 0 saturated heterocycles. The van der Waals surface area contributed by atoms with Crippen molar-refractivity contribution in [1.82, 2.24) is 0 Å². The van der Waals surface area contributed by atoms with Crippen molar-refractivity contribution >= 4 is 27.5 Å². The van der Waals surface area contributed by atoms with Crippen LogP contribution in [0.2, 0.25) is 5.02 Å². The monoisotopic (exact) mass is 278 g/mol. The van der Waals surface area contributed by atoms with Gasteiger partial charge in [0, 0.05) is 9.85 Å². The fourth-order valence-corrected chi connectivity index (χ4v) is 1.83. The molecular weight excluding hydrogens is 266 g/mol. The van der Waals surface area contributed by atoms with E-state index in [4.69, 9.17) is 11.6 Å². The van der Waals surface area contributed by atoms with Gasteiger partial charge in [0.1, 0.15) is 5.82 Å². The van der Waals surface area contributed by atoms with Crippen LogP contribution in [0.25, 0.3) is 0 Å². The topological polar surface area (TPSA) is 0 Å². The second kappa shape index (κ2) is 5.72. The number of hydrogen-bond acceptors (Lipinski definition) is 0. The second-order valence-electron chi connectivity index (χ2n) is 3.41. The standard InChI is InChI=1S/C11H13BrClF/c1-8(12)3-2-4-9-7-10(13)5-6-11(9)14/h5-8H,2-4H2,1H3. The Labute approximate surface area is 97.6 Å². The quantitative estimate of drug-likeness (QED) is 0.707. The maximum Gasteiger partial charge on any atom is 0.126 e. The zero-order valence-electron chi connectivity index (χ0n) is 8.06. The molecule has 14 heavy (non-hydrogen) atoms. The van der Waals surface area contributed by atoms with Crippen LogP contribution in [0, 0.1) is 5.82 Å². The van der Waals surface area contributed by atoms with Crippen molar-refractivity contribution in [3.05, 3.63) is 34.6 Å². The van der Waals surface area contributed by atoms with Gasteiger partial charge in [0.15, 0.2) is 0 Å². The molecule has 0 fully saturated rings. The van der Waals surface area contributed by atoms with Gasteiger partial charge in [-0.25, -0.2) is 4.39 Å². The molecule has 0 bridgehead atoms. The van der Waals surface area contributed by atoms with E-state index < -0.39 is 0 Å². The highest BCUT2D eigenvalue weighted by Crippen LogP contribution is 2.18. The third-order valence-electron chi connectivity index (χ3n) is 2.06. The van der Waals surface area contributed by atoms with E-state index in [1.54, 1.807) is 12.1 Å². The molecule has 0 spiro atoms. The number of hydrogen-bond donors (Lipinski definition) is 0. The molecule has 1 aromatic carbocycles. The predicted molar refractivity (Wildman–Crippen MR) is 62.7 cm³/mol. The minimum absolute atomic E-state index is 0.156. The van der Waals surface area contributed by atoms with Crippen molar-refractivity contribution in [2.45, 2.75) is 31.0 Å². The largest absolute Gasteiger partial charge is 0.207 e. The average Bonchev–Trinajstić information content (AvgIpc) is 2.10. The van der Waals surface area contributed by atoms with E-state index in [1.807, 2.05) is 0 Å². The summed E-state index contributed by atoms with van der Waals surface area (Å²) in [6.45, 7) is 2.09. The Morgan fingerprint density at radius 1 is 1.50 bits per heavy atom. The molecule has 0 aliphatic rings. The number of aryl methyl sites for hydroxylation is 1. The van der Waals surface area contributed by atoms with E-state index in [2.05, 4.69) is 22.9 Å². The zero-order chi connectivity index (χ0) is 10.6. The minimum atomic E-state index is -0.156. The first-order valence-electron chi connectivity index (χ1n) is 4.67. The van der Waals surface area contributed by atoms with Gasteiger partial charge in [0.05, 0.1) is 0 Å². The van der Waals surface area contributed by atoms with Crippen LogP contribution < -0.4 is 0 Å². The predicted octanol–water partition coefficient (Wildman–Crippen LogP) is 4.59. The van der Waals surface area contributed by atoms with E-state index in [0.717, 1.165) is 19.3 Å². The summed E-state index contributed by atoms with van der Waals surface area (Å²) in [5, 5.41) is 0.605. The minimum Gasteiger partial charge on any atom is -0.207 e. The molecule has 0 N–H and O–H groups in total. The summed E-state index contributed by atoms with van der Waals surface area (Å²) in [6, 6.07) is 4.71. The van der Waals surface area contributed by atoms with Crippen LogP contribution in [0.3, 0.4) is 0 Å². The SMILES string of the molecule is CC(Br)CCCc1cc(Cl)ccc1F. The van der Waals surface area contributed by atoms with Crippen molar-refractivity contribution in [2.75, 3.05) is 0 Å². The van der Waals surface area contributed by atoms with Crippen LogP contribution in [-0.4, -0.2) is 4.83 Å². The maximum atomic E-state index is 13.2. The van der Waals surface area contributed by atoms with Crippen molar-refractivity contribution < 1.29 is 4.39 Å². The molecule has 1 aromatic rings. The summed E-state index contributed by atoms with van der Waals surface area (Å²) in [5.41, 5.74) is 0.714. The van der Waals surface area contributed by atoms with E-state index >= 15 is 0 Å². The first-order chi connectivity index (χ1) is 6.59. The molecule has 0 aromatic heterocycles. The van der Waals surface area contributed by atoms with Crippen LogP contribution in [0.1, 0.15) is 25.3 Å². The van der Waals surface area contributed by atoms with Gasteiger partial charge in [-0.1, -0.05) is 34.5 Å². The summed E-state index contributed by atoms with van der Waals surface area (Å²) in [5.74, 6) is -0.156. The number of alkyl halides is 1. The summed E-state index contributed by atoms with van der Waals surface area (Å²) in [4.78, 5) is 0.491. The average molecular weight is 280 g/mol. The van der Waals surface area contributed by atoms with E-state index in [1.165, 1.54) is 6.07 Å². The molecule has 78 valence electrons. The molecule has 0 aliphatic carbocycles. The third-order valence-corrected chi connectivity index (χ3v) is 2.75.